The largest absolute Gasteiger partial charge is 0.491 e. The van der Waals surface area contributed by atoms with Crippen LogP contribution >= 0.6 is 0 Å². The minimum absolute atomic E-state index is 0.0948. The summed E-state index contributed by atoms with van der Waals surface area (Å²) < 4.78 is 67.2. The molecule has 0 aliphatic heterocycles. The van der Waals surface area contributed by atoms with Crippen LogP contribution in [0.15, 0.2) is 48.8 Å². The topological polar surface area (TPSA) is 93.3 Å². The number of nitrogens with zero attached hydrogens (tertiary/aromatic N) is 4. The molecule has 3 aliphatic carbocycles. The van der Waals surface area contributed by atoms with E-state index in [1.165, 1.54) is 0 Å². The molecule has 0 amide bonds. The molecule has 2 N–H and O–H groups in total. The highest BCUT2D eigenvalue weighted by atomic mass is 19.3. The Kier molecular flexibility index (Phi) is 5.46. The zero-order valence-electron chi connectivity index (χ0n) is 19.8. The van der Waals surface area contributed by atoms with Crippen LogP contribution in [-0.2, 0) is 17.6 Å². The number of alkyl halides is 2. The summed E-state index contributed by atoms with van der Waals surface area (Å²) in [6, 6.07) is 9.24. The zero-order valence-corrected chi connectivity index (χ0v) is 19.8. The van der Waals surface area contributed by atoms with Gasteiger partial charge in [-0.2, -0.15) is 0 Å². The lowest BCUT2D eigenvalue weighted by atomic mass is 9.30. The van der Waals surface area contributed by atoms with Crippen molar-refractivity contribution >= 4 is 0 Å². The van der Waals surface area contributed by atoms with Crippen molar-refractivity contribution in [3.8, 4) is 5.75 Å². The van der Waals surface area contributed by atoms with Crippen LogP contribution in [0, 0.1) is 17.0 Å². The number of hydrogen-bond acceptors (Lipinski definition) is 6. The van der Waals surface area contributed by atoms with E-state index in [4.69, 9.17) is 4.74 Å². The molecule has 11 heteroatoms. The fourth-order valence-corrected chi connectivity index (χ4v) is 5.70. The summed E-state index contributed by atoms with van der Waals surface area (Å²) in [4.78, 5) is 0. The molecule has 7 nitrogen and oxygen atoms in total. The number of aromatic nitrogens is 4. The van der Waals surface area contributed by atoms with E-state index in [2.05, 4.69) is 15.5 Å². The monoisotopic (exact) mass is 506 g/mol. The standard InChI is InChI=1S/C25H26F4N4O3/c1-21(2,34)14-36-18-6-3-16(4-7-18)22-10-23(11-22,12-22)25(28,29)24(35,13-33-15-30-31-32-33)19-8-5-17(26)9-20(19)27/h3-9,15,34-35H,10-14H2,1-2H3/t22?,23?,24-/m1/s1. The summed E-state index contributed by atoms with van der Waals surface area (Å²) in [5, 5.41) is 31.6. The molecule has 3 aromatic rings. The lowest BCUT2D eigenvalue weighted by Gasteiger charge is -2.74. The maximum atomic E-state index is 16.2. The van der Waals surface area contributed by atoms with Gasteiger partial charge in [0.1, 0.15) is 30.3 Å². The Morgan fingerprint density at radius 1 is 1.03 bits per heavy atom. The lowest BCUT2D eigenvalue weighted by molar-refractivity contribution is -0.347. The number of rotatable bonds is 9. The van der Waals surface area contributed by atoms with Gasteiger partial charge >= 0.3 is 0 Å². The fraction of sp³-hybridized carbons (Fsp3) is 0.480. The molecule has 1 atom stereocenters. The van der Waals surface area contributed by atoms with Crippen molar-refractivity contribution in [1.82, 2.24) is 20.2 Å². The van der Waals surface area contributed by atoms with Gasteiger partial charge in [-0.25, -0.2) is 22.2 Å². The van der Waals surface area contributed by atoms with E-state index in [0.717, 1.165) is 28.7 Å². The number of hydrogen-bond donors (Lipinski definition) is 2. The Hall–Kier alpha value is -3.05. The molecular formula is C25H26F4N4O3. The van der Waals surface area contributed by atoms with Crippen molar-refractivity contribution in [2.45, 2.75) is 62.2 Å². The molecule has 0 saturated heterocycles. The van der Waals surface area contributed by atoms with Crippen LogP contribution in [0.5, 0.6) is 5.75 Å². The van der Waals surface area contributed by atoms with E-state index in [1.54, 1.807) is 26.0 Å². The first-order chi connectivity index (χ1) is 16.8. The third-order valence-electron chi connectivity index (χ3n) is 7.43. The molecule has 2 bridgehead atoms. The summed E-state index contributed by atoms with van der Waals surface area (Å²) in [6.07, 6.45) is 1.33. The summed E-state index contributed by atoms with van der Waals surface area (Å²) in [5.74, 6) is -5.44. The van der Waals surface area contributed by atoms with Gasteiger partial charge in [-0.1, -0.05) is 12.1 Å². The molecular weight excluding hydrogens is 480 g/mol. The average molecular weight is 507 g/mol. The second kappa shape index (κ2) is 7.97. The van der Waals surface area contributed by atoms with Gasteiger partial charge in [0.25, 0.3) is 5.92 Å². The second-order valence-electron chi connectivity index (χ2n) is 10.8. The minimum atomic E-state index is -3.78. The van der Waals surface area contributed by atoms with Gasteiger partial charge in [0.2, 0.25) is 0 Å². The van der Waals surface area contributed by atoms with E-state index < -0.39 is 51.7 Å². The summed E-state index contributed by atoms with van der Waals surface area (Å²) >= 11 is 0. The van der Waals surface area contributed by atoms with Crippen molar-refractivity contribution < 1.29 is 32.5 Å². The molecule has 192 valence electrons. The lowest BCUT2D eigenvalue weighted by Crippen LogP contribution is -2.76. The molecule has 0 radical (unpaired) electrons. The molecule has 3 fully saturated rings. The van der Waals surface area contributed by atoms with Crippen LogP contribution in [-0.4, -0.2) is 48.6 Å². The zero-order chi connectivity index (χ0) is 26.0. The van der Waals surface area contributed by atoms with Crippen LogP contribution < -0.4 is 4.74 Å². The molecule has 36 heavy (non-hydrogen) atoms. The first kappa shape index (κ1) is 24.6. The average Bonchev–Trinajstić information content (AvgIpc) is 3.23. The van der Waals surface area contributed by atoms with Crippen LogP contribution in [0.3, 0.4) is 0 Å². The van der Waals surface area contributed by atoms with Crippen LogP contribution in [0.25, 0.3) is 0 Å². The smallest absolute Gasteiger partial charge is 0.287 e. The van der Waals surface area contributed by atoms with Crippen molar-refractivity contribution in [1.29, 1.82) is 0 Å². The van der Waals surface area contributed by atoms with Crippen LogP contribution in [0.4, 0.5) is 17.6 Å². The highest BCUT2D eigenvalue weighted by Crippen LogP contribution is 2.80. The van der Waals surface area contributed by atoms with Crippen molar-refractivity contribution in [3.63, 3.8) is 0 Å². The quantitative estimate of drug-likeness (QED) is 0.430. The SMILES string of the molecule is CC(C)(O)COc1ccc(C23CC(C(F)(F)[C@@](O)(Cn4cnnn4)c4ccc(F)cc4F)(C2)C3)cc1. The predicted molar refractivity (Wildman–Crippen MR) is 119 cm³/mol. The van der Waals surface area contributed by atoms with Gasteiger partial charge in [-0.15, -0.1) is 5.10 Å². The Labute approximate surface area is 204 Å². The van der Waals surface area contributed by atoms with E-state index in [0.29, 0.717) is 11.8 Å². The maximum absolute atomic E-state index is 16.2. The highest BCUT2D eigenvalue weighted by Gasteiger charge is 2.82. The second-order valence-corrected chi connectivity index (χ2v) is 10.8. The first-order valence-electron chi connectivity index (χ1n) is 11.5. The maximum Gasteiger partial charge on any atom is 0.287 e. The predicted octanol–water partition coefficient (Wildman–Crippen LogP) is 3.75. The fourth-order valence-electron chi connectivity index (χ4n) is 5.70. The number of ether oxygens (including phenoxy) is 1. The Morgan fingerprint density at radius 3 is 2.25 bits per heavy atom. The summed E-state index contributed by atoms with van der Waals surface area (Å²) in [6.45, 7) is 2.55. The van der Waals surface area contributed by atoms with E-state index in [9.17, 15) is 19.0 Å². The Bertz CT molecular complexity index is 1240. The number of tetrazole rings is 1. The Morgan fingerprint density at radius 2 is 1.69 bits per heavy atom. The van der Waals surface area contributed by atoms with Gasteiger partial charge in [0.05, 0.1) is 12.1 Å². The Balaban J connectivity index is 1.39. The number of halogens is 4. The van der Waals surface area contributed by atoms with Crippen LogP contribution in [0.2, 0.25) is 0 Å². The van der Waals surface area contributed by atoms with Gasteiger partial charge < -0.3 is 14.9 Å². The third-order valence-corrected chi connectivity index (χ3v) is 7.43. The molecule has 6 rings (SSSR count). The molecule has 0 unspecified atom stereocenters. The van der Waals surface area contributed by atoms with Gasteiger partial charge in [0.15, 0.2) is 5.60 Å². The highest BCUT2D eigenvalue weighted by molar-refractivity contribution is 5.44. The minimum Gasteiger partial charge on any atom is -0.491 e. The van der Waals surface area contributed by atoms with Crippen LogP contribution in [0.1, 0.15) is 44.2 Å². The van der Waals surface area contributed by atoms with E-state index in [1.807, 2.05) is 12.1 Å². The van der Waals surface area contributed by atoms with Crippen molar-refractivity contribution in [3.05, 3.63) is 71.6 Å². The first-order valence-corrected chi connectivity index (χ1v) is 11.5. The van der Waals surface area contributed by atoms with E-state index in [-0.39, 0.29) is 25.9 Å². The van der Waals surface area contributed by atoms with Gasteiger partial charge in [0, 0.05) is 17.0 Å². The molecule has 2 aromatic carbocycles. The summed E-state index contributed by atoms with van der Waals surface area (Å²) in [7, 11) is 0. The molecule has 3 saturated carbocycles. The summed E-state index contributed by atoms with van der Waals surface area (Å²) in [5.41, 5.74) is -5.89. The molecule has 0 spiro atoms. The van der Waals surface area contributed by atoms with Gasteiger partial charge in [-0.05, 0) is 78.8 Å². The number of benzene rings is 2. The molecule has 3 aliphatic rings. The third kappa shape index (κ3) is 3.76. The van der Waals surface area contributed by atoms with E-state index >= 15 is 8.78 Å². The van der Waals surface area contributed by atoms with Gasteiger partial charge in [-0.3, -0.25) is 0 Å². The van der Waals surface area contributed by atoms with Crippen molar-refractivity contribution in [2.24, 2.45) is 5.41 Å². The molecule has 1 heterocycles. The normalized spacial score (nSPS) is 25.0. The number of aliphatic hydroxyl groups is 2. The molecule has 1 aromatic heterocycles. The van der Waals surface area contributed by atoms with Crippen molar-refractivity contribution in [2.75, 3.05) is 6.61 Å².